The van der Waals surface area contributed by atoms with E-state index in [0.29, 0.717) is 0 Å². The zero-order chi connectivity index (χ0) is 19.0. The Morgan fingerprint density at radius 1 is 0.440 bits per heavy atom. The van der Waals surface area contributed by atoms with Crippen molar-refractivity contribution in [2.24, 2.45) is 0 Å². The Morgan fingerprint density at radius 2 is 0.720 bits per heavy atom. The van der Waals surface area contributed by atoms with Crippen molar-refractivity contribution in [3.63, 3.8) is 0 Å². The number of rotatable bonds is 18. The van der Waals surface area contributed by atoms with Crippen LogP contribution in [0.3, 0.4) is 0 Å². The quantitative estimate of drug-likeness (QED) is 0.211. The van der Waals surface area contributed by atoms with Gasteiger partial charge in [-0.25, -0.2) is 0 Å². The van der Waals surface area contributed by atoms with E-state index in [2.05, 4.69) is 13.8 Å². The van der Waals surface area contributed by atoms with E-state index >= 15 is 0 Å². The van der Waals surface area contributed by atoms with Gasteiger partial charge in [0.1, 0.15) is 0 Å². The summed E-state index contributed by atoms with van der Waals surface area (Å²) in [5.74, 6) is 0. The maximum Gasteiger partial charge on any atom is 0.337 e. The second-order valence-electron chi connectivity index (χ2n) is 7.11. The van der Waals surface area contributed by atoms with E-state index in [9.17, 15) is 0 Å². The zero-order valence-electron chi connectivity index (χ0n) is 17.8. The van der Waals surface area contributed by atoms with Crippen LogP contribution in [0.5, 0.6) is 0 Å². The summed E-state index contributed by atoms with van der Waals surface area (Å²) in [5.41, 5.74) is 0. The standard InChI is InChI=1S/C19H44O4Si2/c1-7-9-12-16-24(20-3,21-4)18-14-11-15-19-25(22-5,23-6)17-13-10-8-2/h7-19H2,1-6H3. The molecule has 0 fully saturated rings. The Bertz CT molecular complexity index is 267. The molecule has 0 bridgehead atoms. The lowest BCUT2D eigenvalue weighted by atomic mass is 10.3. The van der Waals surface area contributed by atoms with Gasteiger partial charge in [0.2, 0.25) is 0 Å². The van der Waals surface area contributed by atoms with Crippen LogP contribution in [0.1, 0.15) is 71.6 Å². The Kier molecular flexibility index (Phi) is 15.5. The van der Waals surface area contributed by atoms with Crippen LogP contribution >= 0.6 is 0 Å². The molecule has 0 aromatic rings. The molecule has 0 N–H and O–H groups in total. The second kappa shape index (κ2) is 15.3. The average molecular weight is 393 g/mol. The summed E-state index contributed by atoms with van der Waals surface area (Å²) < 4.78 is 23.5. The Labute approximate surface area is 159 Å². The molecular weight excluding hydrogens is 348 g/mol. The lowest BCUT2D eigenvalue weighted by molar-refractivity contribution is 0.236. The van der Waals surface area contributed by atoms with Gasteiger partial charge in [-0.2, -0.15) is 0 Å². The van der Waals surface area contributed by atoms with Gasteiger partial charge in [-0.05, 0) is 24.2 Å². The summed E-state index contributed by atoms with van der Waals surface area (Å²) in [6.07, 6.45) is 11.1. The molecule has 6 heteroatoms. The molecule has 0 saturated heterocycles. The maximum absolute atomic E-state index is 5.86. The minimum absolute atomic E-state index is 1.11. The largest absolute Gasteiger partial charge is 0.398 e. The third-order valence-corrected chi connectivity index (χ3v) is 12.9. The normalized spacial score (nSPS) is 12.7. The molecule has 0 radical (unpaired) electrons. The van der Waals surface area contributed by atoms with Gasteiger partial charge < -0.3 is 17.7 Å². The van der Waals surface area contributed by atoms with Gasteiger partial charge >= 0.3 is 17.1 Å². The summed E-state index contributed by atoms with van der Waals surface area (Å²) in [7, 11) is 3.41. The topological polar surface area (TPSA) is 36.9 Å². The summed E-state index contributed by atoms with van der Waals surface area (Å²) in [6.45, 7) is 4.48. The summed E-state index contributed by atoms with van der Waals surface area (Å²) in [5, 5.41) is 0. The molecule has 0 aliphatic heterocycles. The fourth-order valence-electron chi connectivity index (χ4n) is 3.49. The van der Waals surface area contributed by atoms with Crippen molar-refractivity contribution in [1.29, 1.82) is 0 Å². The molecule has 0 amide bonds. The van der Waals surface area contributed by atoms with Crippen molar-refractivity contribution in [3.05, 3.63) is 0 Å². The molecule has 0 aliphatic rings. The maximum atomic E-state index is 5.86. The first-order valence-electron chi connectivity index (χ1n) is 10.3. The van der Waals surface area contributed by atoms with Crippen LogP contribution in [0.2, 0.25) is 24.2 Å². The number of hydrogen-bond acceptors (Lipinski definition) is 4. The molecule has 0 aliphatic carbocycles. The first-order chi connectivity index (χ1) is 12.1. The molecule has 152 valence electrons. The highest BCUT2D eigenvalue weighted by molar-refractivity contribution is 6.67. The molecule has 0 aromatic heterocycles. The first-order valence-corrected chi connectivity index (χ1v) is 14.7. The molecule has 25 heavy (non-hydrogen) atoms. The van der Waals surface area contributed by atoms with Crippen LogP contribution in [0.4, 0.5) is 0 Å². The predicted molar refractivity (Wildman–Crippen MR) is 112 cm³/mol. The fourth-order valence-corrected chi connectivity index (χ4v) is 9.11. The van der Waals surface area contributed by atoms with Crippen molar-refractivity contribution in [1.82, 2.24) is 0 Å². The smallest absolute Gasteiger partial charge is 0.337 e. The Balaban J connectivity index is 4.24. The molecule has 0 spiro atoms. The fraction of sp³-hybridized carbons (Fsp3) is 1.00. The van der Waals surface area contributed by atoms with Crippen LogP contribution in [0.15, 0.2) is 0 Å². The highest BCUT2D eigenvalue weighted by Crippen LogP contribution is 2.27. The van der Waals surface area contributed by atoms with E-state index in [1.807, 2.05) is 28.4 Å². The van der Waals surface area contributed by atoms with Crippen molar-refractivity contribution in [3.8, 4) is 0 Å². The number of unbranched alkanes of at least 4 members (excludes halogenated alkanes) is 6. The van der Waals surface area contributed by atoms with E-state index in [0.717, 1.165) is 24.2 Å². The van der Waals surface area contributed by atoms with Crippen LogP contribution in [0.25, 0.3) is 0 Å². The van der Waals surface area contributed by atoms with Crippen molar-refractivity contribution in [2.75, 3.05) is 28.4 Å². The van der Waals surface area contributed by atoms with Gasteiger partial charge in [-0.3, -0.25) is 0 Å². The van der Waals surface area contributed by atoms with Gasteiger partial charge in [0.15, 0.2) is 0 Å². The minimum Gasteiger partial charge on any atom is -0.398 e. The van der Waals surface area contributed by atoms with Crippen LogP contribution < -0.4 is 0 Å². The summed E-state index contributed by atoms with van der Waals surface area (Å²) >= 11 is 0. The molecule has 0 aromatic carbocycles. The van der Waals surface area contributed by atoms with E-state index in [1.54, 1.807) is 0 Å². The predicted octanol–water partition coefficient (Wildman–Crippen LogP) is 6.01. The van der Waals surface area contributed by atoms with E-state index < -0.39 is 17.1 Å². The lowest BCUT2D eigenvalue weighted by Crippen LogP contribution is -2.40. The van der Waals surface area contributed by atoms with Crippen molar-refractivity contribution >= 4 is 17.1 Å². The summed E-state index contributed by atoms with van der Waals surface area (Å²) in [4.78, 5) is 0. The third kappa shape index (κ3) is 10.3. The van der Waals surface area contributed by atoms with Crippen LogP contribution in [0, 0.1) is 0 Å². The zero-order valence-corrected chi connectivity index (χ0v) is 19.8. The molecular formula is C19H44O4Si2. The van der Waals surface area contributed by atoms with E-state index in [4.69, 9.17) is 17.7 Å². The highest BCUT2D eigenvalue weighted by atomic mass is 28.4. The molecule has 0 unspecified atom stereocenters. The van der Waals surface area contributed by atoms with E-state index in [1.165, 1.54) is 57.8 Å². The molecule has 0 heterocycles. The van der Waals surface area contributed by atoms with Gasteiger partial charge in [0, 0.05) is 28.4 Å². The molecule has 4 nitrogen and oxygen atoms in total. The molecule has 0 saturated carbocycles. The lowest BCUT2D eigenvalue weighted by Gasteiger charge is -2.29. The molecule has 0 rings (SSSR count). The minimum atomic E-state index is -1.97. The van der Waals surface area contributed by atoms with Crippen LogP contribution in [-0.4, -0.2) is 45.6 Å². The second-order valence-corrected chi connectivity index (χ2v) is 14.4. The SMILES string of the molecule is CCCCC[Si](CCCCC[Si](CCCCC)(OC)OC)(OC)OC. The van der Waals surface area contributed by atoms with Crippen LogP contribution in [-0.2, 0) is 17.7 Å². The first kappa shape index (κ1) is 25.3. The monoisotopic (exact) mass is 392 g/mol. The third-order valence-electron chi connectivity index (χ3n) is 5.43. The highest BCUT2D eigenvalue weighted by Gasteiger charge is 2.35. The van der Waals surface area contributed by atoms with Gasteiger partial charge in [-0.15, -0.1) is 0 Å². The summed E-state index contributed by atoms with van der Waals surface area (Å²) in [6, 6.07) is 4.46. The number of hydrogen-bond donors (Lipinski definition) is 0. The van der Waals surface area contributed by atoms with Gasteiger partial charge in [0.25, 0.3) is 0 Å². The average Bonchev–Trinajstić information content (AvgIpc) is 2.65. The van der Waals surface area contributed by atoms with Crippen molar-refractivity contribution < 1.29 is 17.7 Å². The Hall–Kier alpha value is 0.274. The van der Waals surface area contributed by atoms with E-state index in [-0.39, 0.29) is 0 Å². The van der Waals surface area contributed by atoms with Crippen molar-refractivity contribution in [2.45, 2.75) is 95.8 Å². The molecule has 0 atom stereocenters. The van der Waals surface area contributed by atoms with Gasteiger partial charge in [0.05, 0.1) is 0 Å². The Morgan fingerprint density at radius 3 is 0.960 bits per heavy atom. The van der Waals surface area contributed by atoms with Gasteiger partial charge in [-0.1, -0.05) is 71.6 Å².